The van der Waals surface area contributed by atoms with E-state index < -0.39 is 0 Å². The molecular formula is C23H25ClN2O3. The molecule has 29 heavy (non-hydrogen) atoms. The van der Waals surface area contributed by atoms with Crippen LogP contribution in [0.5, 0.6) is 5.75 Å². The molecule has 2 aromatic carbocycles. The molecule has 4 rings (SSSR count). The normalized spacial score (nSPS) is 15.6. The third-order valence-electron chi connectivity index (χ3n) is 5.64. The van der Waals surface area contributed by atoms with Crippen molar-refractivity contribution in [3.05, 3.63) is 64.4 Å². The van der Waals surface area contributed by atoms with Gasteiger partial charge in [0.05, 0.1) is 13.2 Å². The van der Waals surface area contributed by atoms with Crippen LogP contribution in [0.15, 0.2) is 46.9 Å². The zero-order chi connectivity index (χ0) is 20.4. The van der Waals surface area contributed by atoms with E-state index in [1.807, 2.05) is 25.1 Å². The molecule has 1 atom stereocenters. The molecule has 0 aliphatic carbocycles. The maximum absolute atomic E-state index is 12.9. The largest absolute Gasteiger partial charge is 0.497 e. The molecule has 3 aromatic rings. The van der Waals surface area contributed by atoms with Crippen molar-refractivity contribution >= 4 is 28.5 Å². The number of nitrogens with one attached hydrogen (secondary N) is 1. The lowest BCUT2D eigenvalue weighted by molar-refractivity contribution is 0.0911. The highest BCUT2D eigenvalue weighted by atomic mass is 35.5. The van der Waals surface area contributed by atoms with Crippen molar-refractivity contribution in [1.29, 1.82) is 0 Å². The minimum Gasteiger partial charge on any atom is -0.497 e. The van der Waals surface area contributed by atoms with Gasteiger partial charge in [0.2, 0.25) is 0 Å². The number of hydrogen-bond donors (Lipinski definition) is 1. The summed E-state index contributed by atoms with van der Waals surface area (Å²) in [5.41, 5.74) is 2.64. The summed E-state index contributed by atoms with van der Waals surface area (Å²) in [7, 11) is 1.66. The smallest absolute Gasteiger partial charge is 0.287 e. The van der Waals surface area contributed by atoms with Gasteiger partial charge >= 0.3 is 0 Å². The predicted octanol–water partition coefficient (Wildman–Crippen LogP) is 4.97. The van der Waals surface area contributed by atoms with Gasteiger partial charge in [-0.15, -0.1) is 0 Å². The van der Waals surface area contributed by atoms with Crippen LogP contribution in [0.25, 0.3) is 11.0 Å². The fourth-order valence-corrected chi connectivity index (χ4v) is 4.19. The predicted molar refractivity (Wildman–Crippen MR) is 115 cm³/mol. The number of methoxy groups -OCH3 is 1. The van der Waals surface area contributed by atoms with E-state index in [9.17, 15) is 4.79 Å². The average molecular weight is 413 g/mol. The number of carbonyl (C=O) groups excluding carboxylic acids is 1. The molecular weight excluding hydrogens is 388 g/mol. The second-order valence-electron chi connectivity index (χ2n) is 7.44. The van der Waals surface area contributed by atoms with Gasteiger partial charge in [-0.05, 0) is 68.8 Å². The van der Waals surface area contributed by atoms with Gasteiger partial charge in [0.1, 0.15) is 11.3 Å². The van der Waals surface area contributed by atoms with Gasteiger partial charge in [0.15, 0.2) is 5.76 Å². The summed E-state index contributed by atoms with van der Waals surface area (Å²) in [6.45, 7) is 4.48. The van der Waals surface area contributed by atoms with Gasteiger partial charge < -0.3 is 14.5 Å². The van der Waals surface area contributed by atoms with Crippen molar-refractivity contribution in [2.75, 3.05) is 26.7 Å². The van der Waals surface area contributed by atoms with Crippen LogP contribution in [-0.4, -0.2) is 37.6 Å². The van der Waals surface area contributed by atoms with Crippen LogP contribution in [0, 0.1) is 6.92 Å². The number of likely N-dealkylation sites (tertiary alicyclic amines) is 1. The van der Waals surface area contributed by atoms with Gasteiger partial charge in [-0.1, -0.05) is 23.7 Å². The molecule has 152 valence electrons. The number of halogens is 1. The van der Waals surface area contributed by atoms with Crippen LogP contribution in [0.1, 0.15) is 40.6 Å². The standard InChI is InChI=1S/C23H25ClN2O3/c1-15-19-13-17(24)7-10-21(19)29-22(15)23(27)25-14-20(26-11-3-4-12-26)16-5-8-18(28-2)9-6-16/h5-10,13,20H,3-4,11-12,14H2,1-2H3,(H,25,27). The van der Waals surface area contributed by atoms with E-state index in [2.05, 4.69) is 22.3 Å². The van der Waals surface area contributed by atoms with Gasteiger partial charge in [-0.25, -0.2) is 0 Å². The topological polar surface area (TPSA) is 54.7 Å². The molecule has 5 nitrogen and oxygen atoms in total. The summed E-state index contributed by atoms with van der Waals surface area (Å²) < 4.78 is 11.1. The van der Waals surface area contributed by atoms with Crippen LogP contribution in [-0.2, 0) is 0 Å². The van der Waals surface area contributed by atoms with Crippen molar-refractivity contribution in [2.45, 2.75) is 25.8 Å². The van der Waals surface area contributed by atoms with E-state index >= 15 is 0 Å². The Balaban J connectivity index is 1.53. The summed E-state index contributed by atoms with van der Waals surface area (Å²) in [5, 5.41) is 4.58. The lowest BCUT2D eigenvalue weighted by Gasteiger charge is -2.28. The molecule has 1 aromatic heterocycles. The third kappa shape index (κ3) is 4.11. The second kappa shape index (κ2) is 8.47. The molecule has 1 fully saturated rings. The SMILES string of the molecule is COc1ccc(C(CNC(=O)c2oc3ccc(Cl)cc3c2C)N2CCCC2)cc1. The van der Waals surface area contributed by atoms with E-state index in [0.29, 0.717) is 22.9 Å². The summed E-state index contributed by atoms with van der Waals surface area (Å²) in [6, 6.07) is 13.6. The number of furan rings is 1. The third-order valence-corrected chi connectivity index (χ3v) is 5.88. The molecule has 0 spiro atoms. The van der Waals surface area contributed by atoms with Crippen molar-refractivity contribution in [3.8, 4) is 5.75 Å². The Morgan fingerprint density at radius 1 is 1.21 bits per heavy atom. The van der Waals surface area contributed by atoms with Gasteiger partial charge in [-0.3, -0.25) is 9.69 Å². The minimum absolute atomic E-state index is 0.117. The molecule has 1 saturated heterocycles. The first-order chi connectivity index (χ1) is 14.1. The van der Waals surface area contributed by atoms with E-state index in [1.54, 1.807) is 19.2 Å². The molecule has 0 radical (unpaired) electrons. The summed E-state index contributed by atoms with van der Waals surface area (Å²) in [5.74, 6) is 0.971. The lowest BCUT2D eigenvalue weighted by atomic mass is 10.0. The quantitative estimate of drug-likeness (QED) is 0.621. The Morgan fingerprint density at radius 3 is 2.62 bits per heavy atom. The lowest BCUT2D eigenvalue weighted by Crippen LogP contribution is -2.36. The zero-order valence-electron chi connectivity index (χ0n) is 16.7. The van der Waals surface area contributed by atoms with E-state index in [-0.39, 0.29) is 11.9 Å². The highest BCUT2D eigenvalue weighted by Crippen LogP contribution is 2.29. The maximum Gasteiger partial charge on any atom is 0.287 e. The van der Waals surface area contributed by atoms with Crippen LogP contribution in [0.2, 0.25) is 5.02 Å². The fourth-order valence-electron chi connectivity index (χ4n) is 4.02. The summed E-state index contributed by atoms with van der Waals surface area (Å²) >= 11 is 6.09. The number of hydrogen-bond acceptors (Lipinski definition) is 4. The highest BCUT2D eigenvalue weighted by Gasteiger charge is 2.25. The molecule has 2 heterocycles. The monoisotopic (exact) mass is 412 g/mol. The van der Waals surface area contributed by atoms with Gasteiger partial charge in [0.25, 0.3) is 5.91 Å². The van der Waals surface area contributed by atoms with Crippen LogP contribution in [0.4, 0.5) is 0 Å². The molecule has 1 aliphatic rings. The zero-order valence-corrected chi connectivity index (χ0v) is 17.5. The average Bonchev–Trinajstić information content (AvgIpc) is 3.37. The van der Waals surface area contributed by atoms with Gasteiger partial charge in [0, 0.05) is 22.5 Å². The first-order valence-corrected chi connectivity index (χ1v) is 10.3. The molecule has 1 unspecified atom stereocenters. The van der Waals surface area contributed by atoms with Crippen molar-refractivity contribution in [2.24, 2.45) is 0 Å². The van der Waals surface area contributed by atoms with Crippen LogP contribution >= 0.6 is 11.6 Å². The minimum atomic E-state index is -0.201. The van der Waals surface area contributed by atoms with E-state index in [4.69, 9.17) is 20.8 Å². The van der Waals surface area contributed by atoms with E-state index in [0.717, 1.165) is 29.8 Å². The number of rotatable bonds is 6. The number of benzene rings is 2. The molecule has 0 bridgehead atoms. The molecule has 6 heteroatoms. The first kappa shape index (κ1) is 19.8. The Bertz CT molecular complexity index is 1010. The summed E-state index contributed by atoms with van der Waals surface area (Å²) in [4.78, 5) is 15.3. The Labute approximate surface area is 175 Å². The molecule has 1 aliphatic heterocycles. The number of aryl methyl sites for hydroxylation is 1. The summed E-state index contributed by atoms with van der Waals surface area (Å²) in [6.07, 6.45) is 2.37. The first-order valence-electron chi connectivity index (χ1n) is 9.91. The molecule has 0 saturated carbocycles. The number of fused-ring (bicyclic) bond motifs is 1. The van der Waals surface area contributed by atoms with E-state index in [1.165, 1.54) is 18.4 Å². The van der Waals surface area contributed by atoms with Crippen molar-refractivity contribution in [3.63, 3.8) is 0 Å². The molecule has 1 amide bonds. The number of carbonyl (C=O) groups is 1. The van der Waals surface area contributed by atoms with Crippen molar-refractivity contribution < 1.29 is 13.9 Å². The molecule has 1 N–H and O–H groups in total. The number of nitrogens with zero attached hydrogens (tertiary/aromatic N) is 1. The Hall–Kier alpha value is -2.50. The Kier molecular flexibility index (Phi) is 5.79. The van der Waals surface area contributed by atoms with Crippen LogP contribution < -0.4 is 10.1 Å². The van der Waals surface area contributed by atoms with Crippen LogP contribution in [0.3, 0.4) is 0 Å². The number of ether oxygens (including phenoxy) is 1. The van der Waals surface area contributed by atoms with Gasteiger partial charge in [-0.2, -0.15) is 0 Å². The second-order valence-corrected chi connectivity index (χ2v) is 7.88. The fraction of sp³-hybridized carbons (Fsp3) is 0.348. The Morgan fingerprint density at radius 2 is 1.93 bits per heavy atom. The maximum atomic E-state index is 12.9. The number of amides is 1. The highest BCUT2D eigenvalue weighted by molar-refractivity contribution is 6.31. The van der Waals surface area contributed by atoms with Crippen molar-refractivity contribution in [1.82, 2.24) is 10.2 Å².